The number of hydrogen-bond acceptors (Lipinski definition) is 6. The Morgan fingerprint density at radius 1 is 1.15 bits per heavy atom. The first kappa shape index (κ1) is 23.8. The van der Waals surface area contributed by atoms with Crippen LogP contribution in [0.3, 0.4) is 0 Å². The van der Waals surface area contributed by atoms with E-state index in [0.29, 0.717) is 33.4 Å². The molecule has 2 heterocycles. The molecule has 7 nitrogen and oxygen atoms in total. The number of hydrogen-bond donors (Lipinski definition) is 1. The van der Waals surface area contributed by atoms with Crippen LogP contribution in [0.15, 0.2) is 72.1 Å². The van der Waals surface area contributed by atoms with Gasteiger partial charge < -0.3 is 10.1 Å². The molecule has 34 heavy (non-hydrogen) atoms. The lowest BCUT2D eigenvalue weighted by Gasteiger charge is -2.16. The molecule has 1 N–H and O–H groups in total. The summed E-state index contributed by atoms with van der Waals surface area (Å²) in [4.78, 5) is 16.9. The highest BCUT2D eigenvalue weighted by atomic mass is 35.5. The Balaban J connectivity index is 1.62. The van der Waals surface area contributed by atoms with Crippen LogP contribution in [-0.4, -0.2) is 38.5 Å². The second kappa shape index (κ2) is 10.7. The smallest absolute Gasteiger partial charge is 0.234 e. The summed E-state index contributed by atoms with van der Waals surface area (Å²) in [5.41, 5.74) is 3.58. The molecule has 0 aliphatic heterocycles. The molecular weight excluding hydrogens is 470 g/mol. The van der Waals surface area contributed by atoms with E-state index in [4.69, 9.17) is 16.3 Å². The number of aromatic nitrogens is 4. The van der Waals surface area contributed by atoms with Crippen LogP contribution >= 0.6 is 23.4 Å². The minimum Gasteiger partial charge on any atom is -0.495 e. The molecule has 9 heteroatoms. The second-order valence-corrected chi connectivity index (χ2v) is 9.13. The van der Waals surface area contributed by atoms with Crippen LogP contribution in [-0.2, 0) is 4.79 Å². The Labute approximate surface area is 207 Å². The van der Waals surface area contributed by atoms with Crippen molar-refractivity contribution in [1.82, 2.24) is 19.7 Å². The molecule has 2 aromatic carbocycles. The van der Waals surface area contributed by atoms with Crippen LogP contribution in [0.1, 0.15) is 25.3 Å². The molecule has 0 spiro atoms. The second-order valence-electron chi connectivity index (χ2n) is 7.78. The van der Waals surface area contributed by atoms with Crippen LogP contribution in [0.5, 0.6) is 5.75 Å². The lowest BCUT2D eigenvalue weighted by atomic mass is 10.0. The maximum atomic E-state index is 12.7. The fourth-order valence-electron chi connectivity index (χ4n) is 3.51. The molecule has 0 aliphatic carbocycles. The van der Waals surface area contributed by atoms with E-state index in [1.54, 1.807) is 37.7 Å². The van der Waals surface area contributed by atoms with Gasteiger partial charge >= 0.3 is 0 Å². The number of anilines is 1. The number of thioether (sulfide) groups is 1. The highest BCUT2D eigenvalue weighted by Gasteiger charge is 2.20. The van der Waals surface area contributed by atoms with Gasteiger partial charge in [0.25, 0.3) is 0 Å². The zero-order chi connectivity index (χ0) is 24.1. The van der Waals surface area contributed by atoms with Gasteiger partial charge in [-0.05, 0) is 47.9 Å². The van der Waals surface area contributed by atoms with Gasteiger partial charge in [-0.3, -0.25) is 14.3 Å². The van der Waals surface area contributed by atoms with Gasteiger partial charge in [-0.1, -0.05) is 55.4 Å². The van der Waals surface area contributed by atoms with Crippen molar-refractivity contribution in [3.63, 3.8) is 0 Å². The van der Waals surface area contributed by atoms with Gasteiger partial charge in [0.15, 0.2) is 11.0 Å². The van der Waals surface area contributed by atoms with Gasteiger partial charge in [0, 0.05) is 23.6 Å². The van der Waals surface area contributed by atoms with Crippen molar-refractivity contribution in [3.05, 3.63) is 77.6 Å². The molecular formula is C25H24ClN5O2S. The highest BCUT2D eigenvalue weighted by Crippen LogP contribution is 2.32. The number of ether oxygens (including phenoxy) is 1. The van der Waals surface area contributed by atoms with Crippen LogP contribution in [0.2, 0.25) is 5.02 Å². The summed E-state index contributed by atoms with van der Waals surface area (Å²) in [5, 5.41) is 12.8. The number of nitrogens with zero attached hydrogens (tertiary/aromatic N) is 4. The first-order valence-corrected chi connectivity index (χ1v) is 12.1. The van der Waals surface area contributed by atoms with Gasteiger partial charge in [-0.2, -0.15) is 0 Å². The normalized spacial score (nSPS) is 11.0. The minimum absolute atomic E-state index is 0.151. The third-order valence-electron chi connectivity index (χ3n) is 5.12. The van der Waals surface area contributed by atoms with E-state index in [-0.39, 0.29) is 11.7 Å². The summed E-state index contributed by atoms with van der Waals surface area (Å²) in [7, 11) is 1.55. The summed E-state index contributed by atoms with van der Waals surface area (Å²) in [6.07, 6.45) is 3.48. The molecule has 1 amide bonds. The molecule has 0 aliphatic rings. The first-order valence-electron chi connectivity index (χ1n) is 10.7. The third-order valence-corrected chi connectivity index (χ3v) is 6.34. The van der Waals surface area contributed by atoms with E-state index in [9.17, 15) is 4.79 Å². The number of benzene rings is 2. The Morgan fingerprint density at radius 3 is 2.68 bits per heavy atom. The highest BCUT2D eigenvalue weighted by molar-refractivity contribution is 7.99. The summed E-state index contributed by atoms with van der Waals surface area (Å²) in [6, 6.07) is 17.1. The Morgan fingerprint density at radius 2 is 1.97 bits per heavy atom. The molecule has 0 unspecified atom stereocenters. The molecule has 0 saturated carbocycles. The number of methoxy groups -OCH3 is 1. The topological polar surface area (TPSA) is 81.9 Å². The number of rotatable bonds is 8. The fourth-order valence-corrected chi connectivity index (χ4v) is 4.52. The number of pyridine rings is 1. The summed E-state index contributed by atoms with van der Waals surface area (Å²) in [6.45, 7) is 4.29. The molecule has 0 bridgehead atoms. The Bertz CT molecular complexity index is 1290. The van der Waals surface area contributed by atoms with E-state index in [1.165, 1.54) is 11.8 Å². The standard InChI is InChI=1S/C25H24ClN5O2S/c1-16(2)19-8-4-5-9-21(19)31-24(17-7-6-12-27-14-17)29-30-25(31)34-15-23(32)28-18-10-11-22(33-3)20(26)13-18/h4-14,16H,15H2,1-3H3,(H,28,32). The van der Waals surface area contributed by atoms with Crippen LogP contribution in [0.4, 0.5) is 5.69 Å². The largest absolute Gasteiger partial charge is 0.495 e. The van der Waals surface area contributed by atoms with Crippen molar-refractivity contribution in [3.8, 4) is 22.8 Å². The number of nitrogens with one attached hydrogen (secondary N) is 1. The van der Waals surface area contributed by atoms with E-state index in [1.807, 2.05) is 34.9 Å². The number of para-hydroxylation sites is 1. The molecule has 4 aromatic rings. The quantitative estimate of drug-likeness (QED) is 0.310. The summed E-state index contributed by atoms with van der Waals surface area (Å²) in [5.74, 6) is 1.49. The van der Waals surface area contributed by atoms with Gasteiger partial charge in [0.1, 0.15) is 5.75 Å². The van der Waals surface area contributed by atoms with Gasteiger partial charge in [0.2, 0.25) is 5.91 Å². The van der Waals surface area contributed by atoms with Crippen molar-refractivity contribution in [2.24, 2.45) is 0 Å². The first-order chi connectivity index (χ1) is 16.5. The number of carbonyl (C=O) groups excluding carboxylic acids is 1. The van der Waals surface area contributed by atoms with Crippen LogP contribution < -0.4 is 10.1 Å². The minimum atomic E-state index is -0.180. The monoisotopic (exact) mass is 493 g/mol. The van der Waals surface area contributed by atoms with Crippen molar-refractivity contribution in [2.75, 3.05) is 18.2 Å². The summed E-state index contributed by atoms with van der Waals surface area (Å²) >= 11 is 7.48. The zero-order valence-corrected chi connectivity index (χ0v) is 20.6. The lowest BCUT2D eigenvalue weighted by Crippen LogP contribution is -2.14. The molecule has 0 saturated heterocycles. The zero-order valence-electron chi connectivity index (χ0n) is 19.0. The van der Waals surface area contributed by atoms with E-state index in [0.717, 1.165) is 16.8 Å². The average Bonchev–Trinajstić information content (AvgIpc) is 3.27. The maximum Gasteiger partial charge on any atom is 0.234 e. The maximum absolute atomic E-state index is 12.7. The van der Waals surface area contributed by atoms with Gasteiger partial charge in [-0.25, -0.2) is 0 Å². The van der Waals surface area contributed by atoms with Crippen LogP contribution in [0.25, 0.3) is 17.1 Å². The molecule has 2 aromatic heterocycles. The molecule has 0 atom stereocenters. The Kier molecular flexibility index (Phi) is 7.49. The SMILES string of the molecule is COc1ccc(NC(=O)CSc2nnc(-c3cccnc3)n2-c2ccccc2C(C)C)cc1Cl. The van der Waals surface area contributed by atoms with Crippen molar-refractivity contribution < 1.29 is 9.53 Å². The van der Waals surface area contributed by atoms with E-state index in [2.05, 4.69) is 40.4 Å². The number of amides is 1. The average molecular weight is 494 g/mol. The van der Waals surface area contributed by atoms with Crippen molar-refractivity contribution in [2.45, 2.75) is 24.9 Å². The number of halogens is 1. The van der Waals surface area contributed by atoms with Gasteiger partial charge in [-0.15, -0.1) is 10.2 Å². The predicted molar refractivity (Wildman–Crippen MR) is 136 cm³/mol. The Hall–Kier alpha value is -3.36. The van der Waals surface area contributed by atoms with Crippen molar-refractivity contribution >= 4 is 35.0 Å². The predicted octanol–water partition coefficient (Wildman–Crippen LogP) is 5.85. The van der Waals surface area contributed by atoms with Crippen LogP contribution in [0, 0.1) is 0 Å². The lowest BCUT2D eigenvalue weighted by molar-refractivity contribution is -0.113. The molecule has 0 radical (unpaired) electrons. The molecule has 174 valence electrons. The number of carbonyl (C=O) groups is 1. The van der Waals surface area contributed by atoms with Gasteiger partial charge in [0.05, 0.1) is 23.6 Å². The third kappa shape index (κ3) is 5.24. The van der Waals surface area contributed by atoms with E-state index >= 15 is 0 Å². The molecule has 0 fully saturated rings. The van der Waals surface area contributed by atoms with E-state index < -0.39 is 0 Å². The molecule has 4 rings (SSSR count). The fraction of sp³-hybridized carbons (Fsp3) is 0.200. The van der Waals surface area contributed by atoms with Crippen molar-refractivity contribution in [1.29, 1.82) is 0 Å². The summed E-state index contributed by atoms with van der Waals surface area (Å²) < 4.78 is 7.15.